The van der Waals surface area contributed by atoms with Crippen LogP contribution in [0, 0.1) is 6.92 Å². The second-order valence-corrected chi connectivity index (χ2v) is 9.14. The van der Waals surface area contributed by atoms with Crippen molar-refractivity contribution in [1.29, 1.82) is 0 Å². The molecule has 0 atom stereocenters. The van der Waals surface area contributed by atoms with E-state index in [0.717, 1.165) is 28.9 Å². The number of anilines is 1. The number of halogens is 3. The van der Waals surface area contributed by atoms with Gasteiger partial charge in [-0.05, 0) is 54.3 Å². The normalized spacial score (nSPS) is 11.2. The lowest BCUT2D eigenvalue weighted by molar-refractivity contribution is 0.295. The minimum Gasteiger partial charge on any atom is -0.487 e. The number of rotatable bonds is 8. The largest absolute Gasteiger partial charge is 0.487 e. The van der Waals surface area contributed by atoms with Crippen LogP contribution in [0.4, 0.5) is 5.69 Å². The van der Waals surface area contributed by atoms with Gasteiger partial charge in [-0.2, -0.15) is 5.10 Å². The van der Waals surface area contributed by atoms with Crippen molar-refractivity contribution < 1.29 is 4.74 Å². The fourth-order valence-electron chi connectivity index (χ4n) is 3.44. The Morgan fingerprint density at radius 2 is 1.87 bits per heavy atom. The van der Waals surface area contributed by atoms with E-state index in [1.807, 2.05) is 30.5 Å². The minimum atomic E-state index is 0.292. The summed E-state index contributed by atoms with van der Waals surface area (Å²) in [7, 11) is 2.09. The van der Waals surface area contributed by atoms with Crippen LogP contribution in [0.1, 0.15) is 36.6 Å². The smallest absolute Gasteiger partial charge is 0.131 e. The molecule has 0 aliphatic heterocycles. The molecule has 0 saturated heterocycles. The zero-order chi connectivity index (χ0) is 21.8. The van der Waals surface area contributed by atoms with Gasteiger partial charge < -0.3 is 9.64 Å². The molecule has 4 nitrogen and oxygen atoms in total. The lowest BCUT2D eigenvalue weighted by atomic mass is 10.0. The Kier molecular flexibility index (Phi) is 7.72. The van der Waals surface area contributed by atoms with Gasteiger partial charge in [0.25, 0.3) is 0 Å². The first-order valence-electron chi connectivity index (χ1n) is 9.85. The Balaban J connectivity index is 1.90. The average molecular weight is 511 g/mol. The third-order valence-corrected chi connectivity index (χ3v) is 6.01. The molecule has 0 radical (unpaired) electrons. The van der Waals surface area contributed by atoms with Crippen molar-refractivity contribution in [2.75, 3.05) is 23.8 Å². The molecule has 0 fully saturated rings. The first-order valence-corrected chi connectivity index (χ1v) is 11.7. The molecule has 3 aromatic rings. The van der Waals surface area contributed by atoms with Crippen LogP contribution < -0.4 is 9.64 Å². The van der Waals surface area contributed by atoms with Crippen molar-refractivity contribution in [3.63, 3.8) is 0 Å². The highest BCUT2D eigenvalue weighted by molar-refractivity contribution is 9.09. The highest BCUT2D eigenvalue weighted by Crippen LogP contribution is 2.32. The van der Waals surface area contributed by atoms with Crippen LogP contribution in [0.15, 0.2) is 42.6 Å². The first kappa shape index (κ1) is 23.0. The number of nitrogens with zero attached hydrogens (tertiary/aromatic N) is 3. The zero-order valence-electron chi connectivity index (χ0n) is 17.6. The molecule has 0 spiro atoms. The van der Waals surface area contributed by atoms with E-state index in [9.17, 15) is 0 Å². The predicted molar refractivity (Wildman–Crippen MR) is 130 cm³/mol. The van der Waals surface area contributed by atoms with E-state index in [4.69, 9.17) is 27.9 Å². The first-order chi connectivity index (χ1) is 14.3. The maximum absolute atomic E-state index is 6.44. The average Bonchev–Trinajstić information content (AvgIpc) is 3.10. The Morgan fingerprint density at radius 1 is 1.17 bits per heavy atom. The van der Waals surface area contributed by atoms with Crippen molar-refractivity contribution in [3.05, 3.63) is 69.5 Å². The van der Waals surface area contributed by atoms with E-state index in [0.29, 0.717) is 28.3 Å². The van der Waals surface area contributed by atoms with Gasteiger partial charge in [0, 0.05) is 24.6 Å². The van der Waals surface area contributed by atoms with E-state index in [-0.39, 0.29) is 0 Å². The van der Waals surface area contributed by atoms with Crippen molar-refractivity contribution >= 4 is 44.8 Å². The number of benzene rings is 2. The molecule has 30 heavy (non-hydrogen) atoms. The minimum absolute atomic E-state index is 0.292. The van der Waals surface area contributed by atoms with Crippen LogP contribution in [0.2, 0.25) is 10.0 Å². The molecule has 2 aromatic carbocycles. The molecular weight excluding hydrogens is 485 g/mol. The third kappa shape index (κ3) is 4.96. The number of hydrogen-bond acceptors (Lipinski definition) is 3. The van der Waals surface area contributed by atoms with E-state index in [2.05, 4.69) is 65.9 Å². The summed E-state index contributed by atoms with van der Waals surface area (Å²) in [5, 5.41) is 6.60. The van der Waals surface area contributed by atoms with Gasteiger partial charge in [0.05, 0.1) is 21.9 Å². The molecule has 0 saturated carbocycles. The van der Waals surface area contributed by atoms with Gasteiger partial charge in [-0.15, -0.1) is 0 Å². The fourth-order valence-corrected chi connectivity index (χ4v) is 4.53. The maximum atomic E-state index is 6.44. The summed E-state index contributed by atoms with van der Waals surface area (Å²) >= 11 is 16.4. The third-order valence-electron chi connectivity index (χ3n) is 5.05. The van der Waals surface area contributed by atoms with Crippen molar-refractivity contribution in [3.8, 4) is 11.4 Å². The number of hydrogen-bond donors (Lipinski definition) is 0. The highest BCUT2D eigenvalue weighted by Gasteiger charge is 2.19. The lowest BCUT2D eigenvalue weighted by Gasteiger charge is -2.21. The number of alkyl halides is 1. The second-order valence-electron chi connectivity index (χ2n) is 7.53. The van der Waals surface area contributed by atoms with Crippen molar-refractivity contribution in [2.24, 2.45) is 0 Å². The van der Waals surface area contributed by atoms with Crippen LogP contribution >= 0.6 is 39.1 Å². The fraction of sp³-hybridized carbons (Fsp3) is 0.348. The number of para-hydroxylation sites is 1. The van der Waals surface area contributed by atoms with E-state index >= 15 is 0 Å². The monoisotopic (exact) mass is 509 g/mol. The molecule has 0 N–H and O–H groups in total. The molecule has 1 heterocycles. The van der Waals surface area contributed by atoms with E-state index in [1.54, 1.807) is 4.68 Å². The Morgan fingerprint density at radius 3 is 2.47 bits per heavy atom. The molecule has 0 amide bonds. The van der Waals surface area contributed by atoms with Gasteiger partial charge in [-0.1, -0.05) is 59.0 Å². The molecule has 1 aromatic heterocycles. The highest BCUT2D eigenvalue weighted by atomic mass is 79.9. The molecule has 0 unspecified atom stereocenters. The Bertz CT molecular complexity index is 999. The number of aryl methyl sites for hydroxylation is 1. The molecule has 0 aliphatic rings. The van der Waals surface area contributed by atoms with Gasteiger partial charge in [-0.3, -0.25) is 0 Å². The van der Waals surface area contributed by atoms with Gasteiger partial charge in [0.15, 0.2) is 0 Å². The quantitative estimate of drug-likeness (QED) is 0.305. The molecule has 7 heteroatoms. The molecule has 0 aliphatic carbocycles. The van der Waals surface area contributed by atoms with Crippen LogP contribution in [0.5, 0.6) is 5.75 Å². The summed E-state index contributed by atoms with van der Waals surface area (Å²) < 4.78 is 7.98. The maximum Gasteiger partial charge on any atom is 0.131 e. The van der Waals surface area contributed by atoms with Crippen LogP contribution in [0.25, 0.3) is 5.69 Å². The van der Waals surface area contributed by atoms with Gasteiger partial charge in [-0.25, -0.2) is 4.68 Å². The summed E-state index contributed by atoms with van der Waals surface area (Å²) in [5.41, 5.74) is 5.09. The van der Waals surface area contributed by atoms with Gasteiger partial charge in [0.1, 0.15) is 18.0 Å². The SMILES string of the molecule is Cc1cc(OCc2c(C(C)C)cnn2-c2c(Cl)cccc2Cl)ccc1N(C)CCBr. The van der Waals surface area contributed by atoms with Crippen LogP contribution in [0.3, 0.4) is 0 Å². The number of aromatic nitrogens is 2. The topological polar surface area (TPSA) is 30.3 Å². The van der Waals surface area contributed by atoms with Gasteiger partial charge in [0.2, 0.25) is 0 Å². The van der Waals surface area contributed by atoms with Crippen LogP contribution in [-0.4, -0.2) is 28.7 Å². The lowest BCUT2D eigenvalue weighted by Crippen LogP contribution is -2.20. The standard InChI is InChI=1S/C23H26BrCl2N3O/c1-15(2)18-13-27-29(23-19(25)6-5-7-20(23)26)22(18)14-30-17-8-9-21(16(3)12-17)28(4)11-10-24/h5-9,12-13,15H,10-11,14H2,1-4H3. The molecular formula is C23H26BrCl2N3O. The summed E-state index contributed by atoms with van der Waals surface area (Å²) in [4.78, 5) is 2.22. The molecule has 3 rings (SSSR count). The van der Waals surface area contributed by atoms with E-state index < -0.39 is 0 Å². The summed E-state index contributed by atoms with van der Waals surface area (Å²) in [5.74, 6) is 1.11. The second kappa shape index (κ2) is 10.1. The summed E-state index contributed by atoms with van der Waals surface area (Å²) in [6.45, 7) is 7.68. The molecule has 160 valence electrons. The summed E-state index contributed by atoms with van der Waals surface area (Å²) in [6, 6.07) is 11.6. The van der Waals surface area contributed by atoms with Gasteiger partial charge >= 0.3 is 0 Å². The predicted octanol–water partition coefficient (Wildman–Crippen LogP) is 7.02. The molecule has 0 bridgehead atoms. The van der Waals surface area contributed by atoms with E-state index in [1.165, 1.54) is 11.3 Å². The zero-order valence-corrected chi connectivity index (χ0v) is 20.7. The number of ether oxygens (including phenoxy) is 1. The van der Waals surface area contributed by atoms with Crippen molar-refractivity contribution in [1.82, 2.24) is 9.78 Å². The summed E-state index contributed by atoms with van der Waals surface area (Å²) in [6.07, 6.45) is 1.87. The van der Waals surface area contributed by atoms with Crippen molar-refractivity contribution in [2.45, 2.75) is 33.3 Å². The van der Waals surface area contributed by atoms with Crippen LogP contribution in [-0.2, 0) is 6.61 Å². The Hall–Kier alpha value is -1.69. The Labute approximate surface area is 196 Å².